The smallest absolute Gasteiger partial charge is 0.107 e. The van der Waals surface area contributed by atoms with Crippen LogP contribution in [0.25, 0.3) is 0 Å². The molecule has 1 saturated heterocycles. The molecule has 3 nitrogen and oxygen atoms in total. The van der Waals surface area contributed by atoms with Crippen molar-refractivity contribution >= 4 is 11.8 Å². The van der Waals surface area contributed by atoms with Crippen molar-refractivity contribution in [3.63, 3.8) is 0 Å². The lowest BCUT2D eigenvalue weighted by atomic mass is 10.1. The average Bonchev–Trinajstić information content (AvgIpc) is 2.78. The molecule has 0 aromatic carbocycles. The number of rotatable bonds is 4. The lowest BCUT2D eigenvalue weighted by Crippen LogP contribution is -2.22. The molecule has 2 atom stereocenters. The van der Waals surface area contributed by atoms with Crippen LogP contribution in [0.15, 0.2) is 12.3 Å². The monoisotopic (exact) mass is 240 g/mol. The molecule has 0 spiro atoms. The van der Waals surface area contributed by atoms with Crippen molar-refractivity contribution in [1.82, 2.24) is 9.78 Å². The predicted octanol–water partition coefficient (Wildman–Crippen LogP) is 2.61. The maximum atomic E-state index is 10.4. The molecule has 1 aromatic rings. The van der Waals surface area contributed by atoms with Gasteiger partial charge >= 0.3 is 0 Å². The van der Waals surface area contributed by atoms with Crippen LogP contribution < -0.4 is 0 Å². The standard InChI is InChI=1S/C12H20N2OS/c1-2-8-14-10(6-7-13-14)12(15)11-5-3-4-9-16-11/h6-7,11-12,15H,2-5,8-9H2,1H3. The Kier molecular flexibility index (Phi) is 4.29. The number of hydrogen-bond donors (Lipinski definition) is 1. The number of aryl methyl sites for hydroxylation is 1. The van der Waals surface area contributed by atoms with E-state index in [-0.39, 0.29) is 6.10 Å². The van der Waals surface area contributed by atoms with Gasteiger partial charge in [-0.3, -0.25) is 4.68 Å². The third kappa shape index (κ3) is 2.61. The van der Waals surface area contributed by atoms with Gasteiger partial charge in [0, 0.05) is 18.0 Å². The number of hydrogen-bond acceptors (Lipinski definition) is 3. The minimum atomic E-state index is -0.348. The lowest BCUT2D eigenvalue weighted by Gasteiger charge is -2.26. The summed E-state index contributed by atoms with van der Waals surface area (Å²) in [7, 11) is 0. The Morgan fingerprint density at radius 1 is 1.62 bits per heavy atom. The lowest BCUT2D eigenvalue weighted by molar-refractivity contribution is 0.157. The van der Waals surface area contributed by atoms with E-state index in [2.05, 4.69) is 12.0 Å². The molecule has 0 amide bonds. The summed E-state index contributed by atoms with van der Waals surface area (Å²) in [6, 6.07) is 1.95. The molecule has 0 saturated carbocycles. The topological polar surface area (TPSA) is 38.0 Å². The summed E-state index contributed by atoms with van der Waals surface area (Å²) >= 11 is 1.91. The third-order valence-electron chi connectivity index (χ3n) is 3.05. The molecule has 4 heteroatoms. The second-order valence-electron chi connectivity index (χ2n) is 4.33. The van der Waals surface area contributed by atoms with Crippen LogP contribution in [0.2, 0.25) is 0 Å². The van der Waals surface area contributed by atoms with E-state index in [1.165, 1.54) is 18.6 Å². The summed E-state index contributed by atoms with van der Waals surface area (Å²) in [4.78, 5) is 0. The van der Waals surface area contributed by atoms with Gasteiger partial charge in [-0.1, -0.05) is 13.3 Å². The summed E-state index contributed by atoms with van der Waals surface area (Å²) < 4.78 is 1.94. The predicted molar refractivity (Wildman–Crippen MR) is 67.6 cm³/mol. The molecule has 2 rings (SSSR count). The summed E-state index contributed by atoms with van der Waals surface area (Å²) in [6.07, 6.45) is 6.17. The molecule has 0 bridgehead atoms. The minimum Gasteiger partial charge on any atom is -0.386 e. The molecule has 1 fully saturated rings. The van der Waals surface area contributed by atoms with Crippen LogP contribution >= 0.6 is 11.8 Å². The van der Waals surface area contributed by atoms with E-state index in [4.69, 9.17) is 0 Å². The second-order valence-corrected chi connectivity index (χ2v) is 5.68. The van der Waals surface area contributed by atoms with Crippen LogP contribution in [0, 0.1) is 0 Å². The first-order valence-electron chi connectivity index (χ1n) is 6.14. The Morgan fingerprint density at radius 2 is 2.50 bits per heavy atom. The fourth-order valence-electron chi connectivity index (χ4n) is 2.20. The first-order chi connectivity index (χ1) is 7.83. The molecule has 0 aliphatic carbocycles. The van der Waals surface area contributed by atoms with E-state index in [1.807, 2.05) is 22.5 Å². The minimum absolute atomic E-state index is 0.348. The van der Waals surface area contributed by atoms with E-state index < -0.39 is 0 Å². The summed E-state index contributed by atoms with van der Waals surface area (Å²) in [6.45, 7) is 3.03. The Labute approximate surface area is 101 Å². The Morgan fingerprint density at radius 3 is 3.19 bits per heavy atom. The van der Waals surface area contributed by atoms with Gasteiger partial charge in [0.2, 0.25) is 0 Å². The third-order valence-corrected chi connectivity index (χ3v) is 4.50. The van der Waals surface area contributed by atoms with Gasteiger partial charge in [0.1, 0.15) is 6.10 Å². The van der Waals surface area contributed by atoms with Gasteiger partial charge in [-0.2, -0.15) is 16.9 Å². The van der Waals surface area contributed by atoms with Crippen LogP contribution in [0.3, 0.4) is 0 Å². The molecular formula is C12H20N2OS. The molecule has 1 aromatic heterocycles. The Bertz CT molecular complexity index is 321. The van der Waals surface area contributed by atoms with E-state index in [9.17, 15) is 5.11 Å². The molecule has 2 unspecified atom stereocenters. The highest BCUT2D eigenvalue weighted by molar-refractivity contribution is 7.99. The molecular weight excluding hydrogens is 220 g/mol. The van der Waals surface area contributed by atoms with Crippen LogP contribution in [0.5, 0.6) is 0 Å². The van der Waals surface area contributed by atoms with Crippen molar-refractivity contribution < 1.29 is 5.11 Å². The molecule has 0 radical (unpaired) electrons. The van der Waals surface area contributed by atoms with Gasteiger partial charge < -0.3 is 5.11 Å². The van der Waals surface area contributed by atoms with Gasteiger partial charge in [-0.15, -0.1) is 0 Å². The van der Waals surface area contributed by atoms with Gasteiger partial charge in [0.15, 0.2) is 0 Å². The second kappa shape index (κ2) is 5.73. The van der Waals surface area contributed by atoms with Crippen molar-refractivity contribution in [2.75, 3.05) is 5.75 Å². The largest absolute Gasteiger partial charge is 0.386 e. The van der Waals surface area contributed by atoms with Gasteiger partial charge in [-0.25, -0.2) is 0 Å². The number of aromatic nitrogens is 2. The molecule has 1 aliphatic rings. The highest BCUT2D eigenvalue weighted by Crippen LogP contribution is 2.34. The van der Waals surface area contributed by atoms with Crippen molar-refractivity contribution in [1.29, 1.82) is 0 Å². The van der Waals surface area contributed by atoms with Crippen LogP contribution in [-0.2, 0) is 6.54 Å². The quantitative estimate of drug-likeness (QED) is 0.879. The number of aliphatic hydroxyl groups excluding tert-OH is 1. The zero-order valence-electron chi connectivity index (χ0n) is 9.80. The van der Waals surface area contributed by atoms with Gasteiger partial charge in [0.25, 0.3) is 0 Å². The van der Waals surface area contributed by atoms with Gasteiger partial charge in [0.05, 0.1) is 5.69 Å². The first-order valence-corrected chi connectivity index (χ1v) is 7.19. The maximum Gasteiger partial charge on any atom is 0.107 e. The number of aliphatic hydroxyl groups is 1. The molecule has 16 heavy (non-hydrogen) atoms. The average molecular weight is 240 g/mol. The fraction of sp³-hybridized carbons (Fsp3) is 0.750. The summed E-state index contributed by atoms with van der Waals surface area (Å²) in [5.74, 6) is 1.18. The fourth-order valence-corrected chi connectivity index (χ4v) is 3.53. The molecule has 2 heterocycles. The summed E-state index contributed by atoms with van der Waals surface area (Å²) in [5, 5.41) is 15.0. The Hall–Kier alpha value is -0.480. The summed E-state index contributed by atoms with van der Waals surface area (Å²) in [5.41, 5.74) is 0.987. The van der Waals surface area contributed by atoms with Crippen molar-refractivity contribution in [2.45, 2.75) is 50.5 Å². The normalized spacial score (nSPS) is 23.2. The van der Waals surface area contributed by atoms with E-state index in [1.54, 1.807) is 6.20 Å². The first kappa shape index (κ1) is 12.0. The Balaban J connectivity index is 2.06. The number of thioether (sulfide) groups is 1. The van der Waals surface area contributed by atoms with E-state index >= 15 is 0 Å². The molecule has 90 valence electrons. The maximum absolute atomic E-state index is 10.4. The van der Waals surface area contributed by atoms with Crippen LogP contribution in [0.4, 0.5) is 0 Å². The molecule has 1 aliphatic heterocycles. The molecule has 1 N–H and O–H groups in total. The van der Waals surface area contributed by atoms with Crippen LogP contribution in [0.1, 0.15) is 44.4 Å². The zero-order chi connectivity index (χ0) is 11.4. The van der Waals surface area contributed by atoms with Crippen molar-refractivity contribution in [3.05, 3.63) is 18.0 Å². The van der Waals surface area contributed by atoms with E-state index in [0.29, 0.717) is 5.25 Å². The highest BCUT2D eigenvalue weighted by atomic mass is 32.2. The van der Waals surface area contributed by atoms with Crippen molar-refractivity contribution in [3.8, 4) is 0 Å². The van der Waals surface area contributed by atoms with Gasteiger partial charge in [-0.05, 0) is 31.1 Å². The number of nitrogens with zero attached hydrogens (tertiary/aromatic N) is 2. The van der Waals surface area contributed by atoms with Crippen LogP contribution in [-0.4, -0.2) is 25.9 Å². The van der Waals surface area contributed by atoms with E-state index in [0.717, 1.165) is 25.1 Å². The van der Waals surface area contributed by atoms with Crippen molar-refractivity contribution in [2.24, 2.45) is 0 Å². The highest BCUT2D eigenvalue weighted by Gasteiger charge is 2.25. The SMILES string of the molecule is CCCn1nccc1C(O)C1CCCCS1. The zero-order valence-corrected chi connectivity index (χ0v) is 10.6.